The maximum absolute atomic E-state index is 11.3. The molecule has 6 heteroatoms. The molecule has 2 aromatic rings. The summed E-state index contributed by atoms with van der Waals surface area (Å²) in [7, 11) is 0. The smallest absolute Gasteiger partial charge is 0.272 e. The van der Waals surface area contributed by atoms with Crippen molar-refractivity contribution in [2.75, 3.05) is 5.73 Å². The van der Waals surface area contributed by atoms with Crippen LogP contribution < -0.4 is 11.3 Å². The molecule has 13 heavy (non-hydrogen) atoms. The first-order valence-electron chi connectivity index (χ1n) is 3.76. The van der Waals surface area contributed by atoms with E-state index in [1.54, 1.807) is 6.92 Å². The molecule has 0 aromatic carbocycles. The molecule has 0 saturated carbocycles. The van der Waals surface area contributed by atoms with E-state index in [9.17, 15) is 4.79 Å². The maximum Gasteiger partial charge on any atom is 0.272 e. The summed E-state index contributed by atoms with van der Waals surface area (Å²) in [4.78, 5) is 17.8. The molecule has 0 atom stereocenters. The summed E-state index contributed by atoms with van der Waals surface area (Å²) >= 11 is 0. The second-order valence-corrected chi connectivity index (χ2v) is 2.77. The van der Waals surface area contributed by atoms with Gasteiger partial charge in [-0.1, -0.05) is 0 Å². The number of nitrogens with zero attached hydrogens (tertiary/aromatic N) is 2. The topological polar surface area (TPSA) is 92.5 Å². The van der Waals surface area contributed by atoms with Gasteiger partial charge in [0.15, 0.2) is 11.8 Å². The monoisotopic (exact) mass is 179 g/mol. The zero-order valence-electron chi connectivity index (χ0n) is 7.03. The first kappa shape index (κ1) is 7.66. The lowest BCUT2D eigenvalue weighted by Gasteiger charge is -1.94. The van der Waals surface area contributed by atoms with Gasteiger partial charge in [-0.2, -0.15) is 0 Å². The van der Waals surface area contributed by atoms with Gasteiger partial charge in [-0.15, -0.1) is 0 Å². The van der Waals surface area contributed by atoms with Gasteiger partial charge in [0.25, 0.3) is 5.56 Å². The van der Waals surface area contributed by atoms with Gasteiger partial charge in [0.1, 0.15) is 0 Å². The fraction of sp³-hybridized carbons (Fsp3) is 0.143. The minimum absolute atomic E-state index is 0.138. The van der Waals surface area contributed by atoms with Crippen LogP contribution in [0.2, 0.25) is 0 Å². The maximum atomic E-state index is 11.3. The summed E-state index contributed by atoms with van der Waals surface area (Å²) in [5, 5.41) is 2.85. The molecule has 4 N–H and O–H groups in total. The van der Waals surface area contributed by atoms with Crippen molar-refractivity contribution in [3.05, 3.63) is 28.3 Å². The SMILES string of the molecule is Cc1cc(=O)n(-c2cnc(N)[nH]2)[nH]1. The molecule has 0 radical (unpaired) electrons. The first-order valence-corrected chi connectivity index (χ1v) is 3.76. The summed E-state index contributed by atoms with van der Waals surface area (Å²) in [5.41, 5.74) is 6.03. The Morgan fingerprint density at radius 1 is 1.62 bits per heavy atom. The average Bonchev–Trinajstić information content (AvgIpc) is 2.58. The van der Waals surface area contributed by atoms with Gasteiger partial charge in [-0.25, -0.2) is 9.67 Å². The number of aryl methyl sites for hydroxylation is 1. The Kier molecular flexibility index (Phi) is 1.48. The highest BCUT2D eigenvalue weighted by atomic mass is 16.1. The summed E-state index contributed by atoms with van der Waals surface area (Å²) < 4.78 is 1.35. The van der Waals surface area contributed by atoms with Crippen molar-refractivity contribution in [1.82, 2.24) is 19.7 Å². The van der Waals surface area contributed by atoms with E-state index < -0.39 is 0 Å². The predicted octanol–water partition coefficient (Wildman–Crippen LogP) is -0.221. The molecule has 0 amide bonds. The van der Waals surface area contributed by atoms with E-state index in [1.807, 2.05) is 0 Å². The van der Waals surface area contributed by atoms with Crippen LogP contribution in [0.1, 0.15) is 5.69 Å². The Balaban J connectivity index is 2.58. The number of rotatable bonds is 1. The van der Waals surface area contributed by atoms with Crippen molar-refractivity contribution in [3.8, 4) is 5.82 Å². The zero-order chi connectivity index (χ0) is 9.42. The molecule has 0 unspecified atom stereocenters. The number of aromatic amines is 2. The van der Waals surface area contributed by atoms with Crippen molar-refractivity contribution >= 4 is 5.95 Å². The van der Waals surface area contributed by atoms with Crippen LogP contribution in [0.15, 0.2) is 17.1 Å². The zero-order valence-corrected chi connectivity index (χ0v) is 7.03. The van der Waals surface area contributed by atoms with E-state index in [-0.39, 0.29) is 11.5 Å². The Hall–Kier alpha value is -1.98. The number of aromatic nitrogens is 4. The molecule has 6 nitrogen and oxygen atoms in total. The highest BCUT2D eigenvalue weighted by Crippen LogP contribution is 2.01. The van der Waals surface area contributed by atoms with Crippen molar-refractivity contribution in [2.45, 2.75) is 6.92 Å². The number of hydrogen-bond donors (Lipinski definition) is 3. The standard InChI is InChI=1S/C7H9N5O/c1-4-2-6(13)12(11-4)5-3-9-7(8)10-5/h2-3,11H,1H3,(H3,8,9,10). The second-order valence-electron chi connectivity index (χ2n) is 2.77. The summed E-state index contributed by atoms with van der Waals surface area (Å²) in [5.74, 6) is 0.824. The molecule has 0 aliphatic heterocycles. The molecule has 68 valence electrons. The van der Waals surface area contributed by atoms with Crippen LogP contribution in [0.25, 0.3) is 5.82 Å². The molecular formula is C7H9N5O. The average molecular weight is 179 g/mol. The number of nitrogens with one attached hydrogen (secondary N) is 2. The van der Waals surface area contributed by atoms with E-state index in [2.05, 4.69) is 15.1 Å². The quantitative estimate of drug-likeness (QED) is 0.565. The van der Waals surface area contributed by atoms with Crippen LogP contribution >= 0.6 is 0 Å². The lowest BCUT2D eigenvalue weighted by Crippen LogP contribution is -2.13. The highest BCUT2D eigenvalue weighted by Gasteiger charge is 2.04. The first-order chi connectivity index (χ1) is 6.16. The molecule has 2 heterocycles. The Morgan fingerprint density at radius 2 is 2.38 bits per heavy atom. The lowest BCUT2D eigenvalue weighted by atomic mass is 10.5. The number of H-pyrrole nitrogens is 2. The fourth-order valence-electron chi connectivity index (χ4n) is 1.13. The highest BCUT2D eigenvalue weighted by molar-refractivity contribution is 5.28. The molecular weight excluding hydrogens is 170 g/mol. The van der Waals surface area contributed by atoms with Gasteiger partial charge < -0.3 is 10.7 Å². The van der Waals surface area contributed by atoms with E-state index in [0.717, 1.165) is 5.69 Å². The summed E-state index contributed by atoms with van der Waals surface area (Å²) in [6, 6.07) is 1.50. The van der Waals surface area contributed by atoms with Crippen molar-refractivity contribution in [3.63, 3.8) is 0 Å². The van der Waals surface area contributed by atoms with Crippen LogP contribution in [0, 0.1) is 6.92 Å². The largest absolute Gasteiger partial charge is 0.369 e. The fourth-order valence-corrected chi connectivity index (χ4v) is 1.13. The number of nitrogen functional groups attached to an aromatic ring is 1. The molecule has 2 rings (SSSR count). The molecule has 0 aliphatic rings. The third kappa shape index (κ3) is 1.22. The van der Waals surface area contributed by atoms with E-state index >= 15 is 0 Å². The Bertz CT molecular complexity index is 477. The molecule has 2 aromatic heterocycles. The Morgan fingerprint density at radius 3 is 2.85 bits per heavy atom. The molecule has 0 spiro atoms. The second kappa shape index (κ2) is 2.51. The van der Waals surface area contributed by atoms with E-state index in [1.165, 1.54) is 16.9 Å². The van der Waals surface area contributed by atoms with Gasteiger partial charge in [0.05, 0.1) is 6.20 Å². The van der Waals surface area contributed by atoms with Gasteiger partial charge in [0.2, 0.25) is 0 Å². The normalized spacial score (nSPS) is 10.5. The summed E-state index contributed by atoms with van der Waals surface area (Å²) in [6.07, 6.45) is 1.49. The van der Waals surface area contributed by atoms with Crippen LogP contribution in [0.4, 0.5) is 5.95 Å². The van der Waals surface area contributed by atoms with Crippen molar-refractivity contribution in [2.24, 2.45) is 0 Å². The third-order valence-corrected chi connectivity index (χ3v) is 1.67. The van der Waals surface area contributed by atoms with Gasteiger partial charge in [-0.05, 0) is 6.92 Å². The number of nitrogens with two attached hydrogens (primary N) is 1. The molecule has 0 fully saturated rings. The van der Waals surface area contributed by atoms with Gasteiger partial charge in [-0.3, -0.25) is 9.89 Å². The molecule has 0 bridgehead atoms. The summed E-state index contributed by atoms with van der Waals surface area (Å²) in [6.45, 7) is 1.80. The number of anilines is 1. The predicted molar refractivity (Wildman–Crippen MR) is 47.7 cm³/mol. The Labute approximate surface area is 73.4 Å². The van der Waals surface area contributed by atoms with Crippen LogP contribution in [0.5, 0.6) is 0 Å². The molecule has 0 aliphatic carbocycles. The third-order valence-electron chi connectivity index (χ3n) is 1.67. The minimum Gasteiger partial charge on any atom is -0.369 e. The van der Waals surface area contributed by atoms with Crippen LogP contribution in [-0.4, -0.2) is 19.7 Å². The van der Waals surface area contributed by atoms with E-state index in [0.29, 0.717) is 5.82 Å². The number of hydrogen-bond acceptors (Lipinski definition) is 3. The van der Waals surface area contributed by atoms with Crippen molar-refractivity contribution < 1.29 is 0 Å². The lowest BCUT2D eigenvalue weighted by molar-refractivity contribution is 0.814. The van der Waals surface area contributed by atoms with Gasteiger partial charge in [0, 0.05) is 11.8 Å². The van der Waals surface area contributed by atoms with Crippen LogP contribution in [-0.2, 0) is 0 Å². The molecule has 0 saturated heterocycles. The van der Waals surface area contributed by atoms with Crippen molar-refractivity contribution in [1.29, 1.82) is 0 Å². The van der Waals surface area contributed by atoms with Gasteiger partial charge >= 0.3 is 0 Å². The number of imidazole rings is 1. The minimum atomic E-state index is -0.138. The van der Waals surface area contributed by atoms with Crippen LogP contribution in [0.3, 0.4) is 0 Å². The van der Waals surface area contributed by atoms with E-state index in [4.69, 9.17) is 5.73 Å².